The SMILES string of the molecule is COc1cc(C(=O)N2CCCC(C)C2)cc(Cl)c1OCC(N)=O. The van der Waals surface area contributed by atoms with Crippen molar-refractivity contribution >= 4 is 23.4 Å². The molecule has 1 atom stereocenters. The van der Waals surface area contributed by atoms with Crippen molar-refractivity contribution in [2.24, 2.45) is 11.7 Å². The average Bonchev–Trinajstić information content (AvgIpc) is 2.52. The summed E-state index contributed by atoms with van der Waals surface area (Å²) in [5.41, 5.74) is 5.50. The third kappa shape index (κ3) is 4.28. The Hall–Kier alpha value is -1.95. The summed E-state index contributed by atoms with van der Waals surface area (Å²) in [6.07, 6.45) is 2.13. The van der Waals surface area contributed by atoms with Gasteiger partial charge in [0.15, 0.2) is 18.1 Å². The van der Waals surface area contributed by atoms with E-state index in [4.69, 9.17) is 26.8 Å². The Morgan fingerprint density at radius 1 is 1.43 bits per heavy atom. The lowest BCUT2D eigenvalue weighted by molar-refractivity contribution is -0.119. The molecular weight excluding hydrogens is 320 g/mol. The highest BCUT2D eigenvalue weighted by Crippen LogP contribution is 2.37. The second kappa shape index (κ2) is 7.55. The topological polar surface area (TPSA) is 81.9 Å². The molecule has 126 valence electrons. The lowest BCUT2D eigenvalue weighted by Gasteiger charge is -2.31. The number of methoxy groups -OCH3 is 1. The molecule has 2 rings (SSSR count). The Bertz CT molecular complexity index is 606. The number of amides is 2. The fourth-order valence-electron chi connectivity index (χ4n) is 2.68. The van der Waals surface area contributed by atoms with Gasteiger partial charge in [-0.05, 0) is 30.9 Å². The largest absolute Gasteiger partial charge is 0.493 e. The van der Waals surface area contributed by atoms with Gasteiger partial charge in [-0.25, -0.2) is 0 Å². The van der Waals surface area contributed by atoms with Crippen LogP contribution < -0.4 is 15.2 Å². The van der Waals surface area contributed by atoms with Crippen LogP contribution in [0.5, 0.6) is 11.5 Å². The van der Waals surface area contributed by atoms with Crippen molar-refractivity contribution in [3.63, 3.8) is 0 Å². The number of carbonyl (C=O) groups is 2. The molecular formula is C16H21ClN2O4. The van der Waals surface area contributed by atoms with Crippen LogP contribution in [-0.4, -0.2) is 43.5 Å². The van der Waals surface area contributed by atoms with Crippen LogP contribution in [0.3, 0.4) is 0 Å². The van der Waals surface area contributed by atoms with E-state index in [1.165, 1.54) is 13.2 Å². The number of nitrogens with two attached hydrogens (primary N) is 1. The molecule has 0 bridgehead atoms. The predicted molar refractivity (Wildman–Crippen MR) is 87.0 cm³/mol. The minimum Gasteiger partial charge on any atom is -0.493 e. The number of piperidine rings is 1. The number of carbonyl (C=O) groups excluding carboxylic acids is 2. The smallest absolute Gasteiger partial charge is 0.255 e. The lowest BCUT2D eigenvalue weighted by Crippen LogP contribution is -2.39. The van der Waals surface area contributed by atoms with Crippen molar-refractivity contribution in [3.8, 4) is 11.5 Å². The second-order valence-electron chi connectivity index (χ2n) is 5.74. The fourth-order valence-corrected chi connectivity index (χ4v) is 2.95. The Kier molecular flexibility index (Phi) is 5.71. The predicted octanol–water partition coefficient (Wildman–Crippen LogP) is 2.08. The van der Waals surface area contributed by atoms with Gasteiger partial charge in [0, 0.05) is 18.7 Å². The molecule has 1 fully saturated rings. The maximum Gasteiger partial charge on any atom is 0.255 e. The molecule has 0 aromatic heterocycles. The Labute approximate surface area is 140 Å². The first kappa shape index (κ1) is 17.4. The summed E-state index contributed by atoms with van der Waals surface area (Å²) in [6, 6.07) is 3.10. The van der Waals surface area contributed by atoms with Gasteiger partial charge in [-0.15, -0.1) is 0 Å². The summed E-state index contributed by atoms with van der Waals surface area (Å²) in [5, 5.41) is 0.207. The minimum absolute atomic E-state index is 0.0850. The van der Waals surface area contributed by atoms with E-state index >= 15 is 0 Å². The van der Waals surface area contributed by atoms with Crippen LogP contribution in [0.25, 0.3) is 0 Å². The van der Waals surface area contributed by atoms with Gasteiger partial charge in [0.2, 0.25) is 0 Å². The second-order valence-corrected chi connectivity index (χ2v) is 6.15. The molecule has 1 heterocycles. The molecule has 2 amide bonds. The zero-order valence-electron chi connectivity index (χ0n) is 13.3. The van der Waals surface area contributed by atoms with E-state index in [2.05, 4.69) is 6.92 Å². The highest BCUT2D eigenvalue weighted by atomic mass is 35.5. The number of primary amides is 1. The molecule has 2 N–H and O–H groups in total. The molecule has 0 spiro atoms. The van der Waals surface area contributed by atoms with Crippen LogP contribution in [0.15, 0.2) is 12.1 Å². The zero-order valence-corrected chi connectivity index (χ0v) is 14.1. The van der Waals surface area contributed by atoms with Crippen molar-refractivity contribution in [3.05, 3.63) is 22.7 Å². The standard InChI is InChI=1S/C16H21ClN2O4/c1-10-4-3-5-19(8-10)16(21)11-6-12(17)15(13(7-11)22-2)23-9-14(18)20/h6-7,10H,3-5,8-9H2,1-2H3,(H2,18,20). The van der Waals surface area contributed by atoms with Crippen molar-refractivity contribution in [1.82, 2.24) is 4.90 Å². The van der Waals surface area contributed by atoms with Gasteiger partial charge in [-0.2, -0.15) is 0 Å². The van der Waals surface area contributed by atoms with Crippen molar-refractivity contribution in [2.75, 3.05) is 26.8 Å². The average molecular weight is 341 g/mol. The molecule has 1 aliphatic rings. The van der Waals surface area contributed by atoms with Crippen LogP contribution in [0, 0.1) is 5.92 Å². The van der Waals surface area contributed by atoms with E-state index in [-0.39, 0.29) is 23.3 Å². The van der Waals surface area contributed by atoms with Crippen molar-refractivity contribution in [2.45, 2.75) is 19.8 Å². The highest BCUT2D eigenvalue weighted by Gasteiger charge is 2.24. The van der Waals surface area contributed by atoms with Crippen LogP contribution in [0.1, 0.15) is 30.1 Å². The molecule has 6 nitrogen and oxygen atoms in total. The van der Waals surface area contributed by atoms with Gasteiger partial charge in [0.25, 0.3) is 11.8 Å². The number of hydrogen-bond donors (Lipinski definition) is 1. The molecule has 0 radical (unpaired) electrons. The first-order valence-electron chi connectivity index (χ1n) is 7.50. The zero-order chi connectivity index (χ0) is 17.0. The summed E-state index contributed by atoms with van der Waals surface area (Å²) in [4.78, 5) is 25.3. The van der Waals surface area contributed by atoms with Gasteiger partial charge in [-0.3, -0.25) is 9.59 Å². The van der Waals surface area contributed by atoms with E-state index in [9.17, 15) is 9.59 Å². The monoisotopic (exact) mass is 340 g/mol. The molecule has 1 unspecified atom stereocenters. The van der Waals surface area contributed by atoms with E-state index in [0.717, 1.165) is 25.9 Å². The number of hydrogen-bond acceptors (Lipinski definition) is 4. The number of likely N-dealkylation sites (tertiary alicyclic amines) is 1. The highest BCUT2D eigenvalue weighted by molar-refractivity contribution is 6.32. The van der Waals surface area contributed by atoms with Crippen molar-refractivity contribution < 1.29 is 19.1 Å². The third-order valence-corrected chi connectivity index (χ3v) is 4.06. The third-order valence-electron chi connectivity index (χ3n) is 3.78. The summed E-state index contributed by atoms with van der Waals surface area (Å²) in [6.45, 7) is 3.29. The number of benzene rings is 1. The normalized spacial score (nSPS) is 17.7. The fraction of sp³-hybridized carbons (Fsp3) is 0.500. The molecule has 1 aliphatic heterocycles. The Morgan fingerprint density at radius 2 is 2.17 bits per heavy atom. The summed E-state index contributed by atoms with van der Waals surface area (Å²) >= 11 is 6.18. The summed E-state index contributed by atoms with van der Waals surface area (Å²) < 4.78 is 10.5. The van der Waals surface area contributed by atoms with Gasteiger partial charge in [0.1, 0.15) is 0 Å². The quantitative estimate of drug-likeness (QED) is 0.889. The lowest BCUT2D eigenvalue weighted by atomic mass is 9.99. The van der Waals surface area contributed by atoms with Gasteiger partial charge in [0.05, 0.1) is 12.1 Å². The van der Waals surface area contributed by atoms with Gasteiger partial charge in [-0.1, -0.05) is 18.5 Å². The Balaban J connectivity index is 2.24. The summed E-state index contributed by atoms with van der Waals surface area (Å²) in [5.74, 6) is 0.288. The van der Waals surface area contributed by atoms with E-state index < -0.39 is 5.91 Å². The van der Waals surface area contributed by atoms with Crippen molar-refractivity contribution in [1.29, 1.82) is 0 Å². The molecule has 0 aliphatic carbocycles. The molecule has 1 aromatic rings. The van der Waals surface area contributed by atoms with Crippen LogP contribution in [0.4, 0.5) is 0 Å². The molecule has 23 heavy (non-hydrogen) atoms. The molecule has 7 heteroatoms. The van der Waals surface area contributed by atoms with Crippen LogP contribution >= 0.6 is 11.6 Å². The van der Waals surface area contributed by atoms with E-state index in [1.54, 1.807) is 6.07 Å². The number of ether oxygens (including phenoxy) is 2. The number of rotatable bonds is 5. The Morgan fingerprint density at radius 3 is 2.78 bits per heavy atom. The number of nitrogens with zero attached hydrogens (tertiary/aromatic N) is 1. The first-order valence-corrected chi connectivity index (χ1v) is 7.88. The van der Waals surface area contributed by atoms with Gasteiger partial charge >= 0.3 is 0 Å². The summed E-state index contributed by atoms with van der Waals surface area (Å²) in [7, 11) is 1.44. The maximum atomic E-state index is 12.6. The maximum absolute atomic E-state index is 12.6. The van der Waals surface area contributed by atoms with E-state index in [1.807, 2.05) is 4.90 Å². The number of halogens is 1. The van der Waals surface area contributed by atoms with Crippen LogP contribution in [-0.2, 0) is 4.79 Å². The van der Waals surface area contributed by atoms with Gasteiger partial charge < -0.3 is 20.1 Å². The van der Waals surface area contributed by atoms with Crippen LogP contribution in [0.2, 0.25) is 5.02 Å². The molecule has 0 saturated carbocycles. The molecule has 1 aromatic carbocycles. The minimum atomic E-state index is -0.620. The molecule has 1 saturated heterocycles. The van der Waals surface area contributed by atoms with E-state index in [0.29, 0.717) is 17.2 Å². The first-order chi connectivity index (χ1) is 10.9.